The van der Waals surface area contributed by atoms with E-state index in [2.05, 4.69) is 5.32 Å². The Morgan fingerprint density at radius 3 is 2.63 bits per heavy atom. The van der Waals surface area contributed by atoms with Crippen LogP contribution >= 0.6 is 11.6 Å². The molecule has 0 bridgehead atoms. The van der Waals surface area contributed by atoms with Crippen LogP contribution in [0.2, 0.25) is 5.02 Å². The van der Waals surface area contributed by atoms with Crippen molar-refractivity contribution in [2.45, 2.75) is 24.6 Å². The summed E-state index contributed by atoms with van der Waals surface area (Å²) in [4.78, 5) is 10.6. The number of nitro groups is 1. The third-order valence-corrected chi connectivity index (χ3v) is 5.52. The summed E-state index contributed by atoms with van der Waals surface area (Å²) in [6.07, 6.45) is -0.0940. The van der Waals surface area contributed by atoms with Crippen LogP contribution in [-0.2, 0) is 6.18 Å². The molecule has 0 fully saturated rings. The number of halogens is 4. The quantitative estimate of drug-likeness (QED) is 0.380. The van der Waals surface area contributed by atoms with Crippen LogP contribution in [0.25, 0.3) is 0 Å². The van der Waals surface area contributed by atoms with Crippen molar-refractivity contribution in [3.05, 3.63) is 80.4 Å². The number of hydrogen-bond donors (Lipinski definition) is 1. The largest absolute Gasteiger partial charge is 0.416 e. The molecule has 27 heavy (non-hydrogen) atoms. The van der Waals surface area contributed by atoms with Crippen LogP contribution < -0.4 is 5.32 Å². The van der Waals surface area contributed by atoms with Crippen LogP contribution in [0.5, 0.6) is 0 Å². The number of nitrogens with zero attached hydrogens (tertiary/aromatic N) is 1. The fourth-order valence-electron chi connectivity index (χ4n) is 4.08. The Hall–Kier alpha value is -2.54. The summed E-state index contributed by atoms with van der Waals surface area (Å²) in [6, 6.07) is 7.56. The van der Waals surface area contributed by atoms with E-state index < -0.39 is 22.7 Å². The predicted octanol–water partition coefficient (Wildman–Crippen LogP) is 6.09. The van der Waals surface area contributed by atoms with Gasteiger partial charge in [0.2, 0.25) is 0 Å². The molecule has 1 N–H and O–H groups in total. The summed E-state index contributed by atoms with van der Waals surface area (Å²) in [5, 5.41) is 14.4. The number of anilines is 1. The van der Waals surface area contributed by atoms with Crippen LogP contribution in [0.3, 0.4) is 0 Å². The van der Waals surface area contributed by atoms with Gasteiger partial charge in [0.15, 0.2) is 0 Å². The molecule has 0 aromatic heterocycles. The number of alkyl halides is 3. The maximum absolute atomic E-state index is 13.5. The fraction of sp³-hybridized carbons (Fsp3) is 0.263. The molecule has 1 heterocycles. The van der Waals surface area contributed by atoms with Gasteiger partial charge in [0, 0.05) is 18.1 Å². The van der Waals surface area contributed by atoms with Gasteiger partial charge in [0.25, 0.3) is 5.69 Å². The molecule has 0 unspecified atom stereocenters. The smallest absolute Gasteiger partial charge is 0.376 e. The fourth-order valence-corrected chi connectivity index (χ4v) is 4.36. The first kappa shape index (κ1) is 17.9. The third-order valence-electron chi connectivity index (χ3n) is 5.22. The Morgan fingerprint density at radius 1 is 1.19 bits per heavy atom. The monoisotopic (exact) mass is 394 g/mol. The molecule has 4 nitrogen and oxygen atoms in total. The van der Waals surface area contributed by atoms with Crippen LogP contribution in [0.1, 0.15) is 35.1 Å². The summed E-state index contributed by atoms with van der Waals surface area (Å²) in [7, 11) is 0. The topological polar surface area (TPSA) is 55.2 Å². The first-order valence-electron chi connectivity index (χ1n) is 8.34. The van der Waals surface area contributed by atoms with E-state index in [1.165, 1.54) is 24.3 Å². The lowest BCUT2D eigenvalue weighted by Gasteiger charge is -2.38. The molecule has 2 aromatic rings. The standard InChI is InChI=1S/C19H14ClF3N2O2/c20-16-9-10(25(26)27)8-14-11-5-3-6-12(11)17(24-18(14)16)13-4-1-2-7-15(13)19(21,22)23/h1-5,7-9,11-12,17,24H,6H2/t11-,12-,17+/m1/s1. The van der Waals surface area contributed by atoms with E-state index in [1.807, 2.05) is 12.2 Å². The number of nitrogens with one attached hydrogen (secondary N) is 1. The molecule has 0 radical (unpaired) electrons. The summed E-state index contributed by atoms with van der Waals surface area (Å²) >= 11 is 6.25. The van der Waals surface area contributed by atoms with Gasteiger partial charge in [-0.3, -0.25) is 10.1 Å². The Morgan fingerprint density at radius 2 is 1.93 bits per heavy atom. The van der Waals surface area contributed by atoms with E-state index in [0.29, 0.717) is 17.7 Å². The normalized spacial score (nSPS) is 23.5. The second-order valence-electron chi connectivity index (χ2n) is 6.71. The average Bonchev–Trinajstić information content (AvgIpc) is 3.10. The lowest BCUT2D eigenvalue weighted by Crippen LogP contribution is -2.31. The minimum atomic E-state index is -4.47. The van der Waals surface area contributed by atoms with Crippen molar-refractivity contribution < 1.29 is 18.1 Å². The van der Waals surface area contributed by atoms with Crippen LogP contribution in [-0.4, -0.2) is 4.92 Å². The lowest BCUT2D eigenvalue weighted by molar-refractivity contribution is -0.384. The Balaban J connectivity index is 1.86. The number of non-ortho nitro benzene ring substituents is 1. The van der Waals surface area contributed by atoms with Gasteiger partial charge in [-0.2, -0.15) is 13.2 Å². The van der Waals surface area contributed by atoms with E-state index >= 15 is 0 Å². The third kappa shape index (κ3) is 2.96. The van der Waals surface area contributed by atoms with Gasteiger partial charge in [-0.1, -0.05) is 42.0 Å². The summed E-state index contributed by atoms with van der Waals surface area (Å²) in [5.41, 5.74) is 0.442. The number of hydrogen-bond acceptors (Lipinski definition) is 3. The highest BCUT2D eigenvalue weighted by Gasteiger charge is 2.43. The number of benzene rings is 2. The zero-order chi connectivity index (χ0) is 19.3. The van der Waals surface area contributed by atoms with Gasteiger partial charge in [0.1, 0.15) is 0 Å². The zero-order valence-electron chi connectivity index (χ0n) is 13.8. The first-order valence-corrected chi connectivity index (χ1v) is 8.72. The number of fused-ring (bicyclic) bond motifs is 3. The predicted molar refractivity (Wildman–Crippen MR) is 95.9 cm³/mol. The maximum atomic E-state index is 13.5. The van der Waals surface area contributed by atoms with Crippen molar-refractivity contribution in [2.75, 3.05) is 5.32 Å². The van der Waals surface area contributed by atoms with Gasteiger partial charge in [-0.15, -0.1) is 0 Å². The Kier molecular flexibility index (Phi) is 4.14. The molecule has 140 valence electrons. The molecule has 2 aromatic carbocycles. The van der Waals surface area contributed by atoms with E-state index in [9.17, 15) is 23.3 Å². The number of rotatable bonds is 2. The highest BCUT2D eigenvalue weighted by Crippen LogP contribution is 2.53. The molecule has 4 rings (SSSR count). The van der Waals surface area contributed by atoms with E-state index in [1.54, 1.807) is 6.07 Å². The molecule has 3 atom stereocenters. The molecular weight excluding hydrogens is 381 g/mol. The Labute approximate surface area is 157 Å². The average molecular weight is 395 g/mol. The zero-order valence-corrected chi connectivity index (χ0v) is 14.6. The van der Waals surface area contributed by atoms with Crippen molar-refractivity contribution in [1.82, 2.24) is 0 Å². The molecule has 2 aliphatic rings. The first-order chi connectivity index (χ1) is 12.8. The number of nitro benzene ring substituents is 1. The van der Waals surface area contributed by atoms with Gasteiger partial charge in [-0.05, 0) is 29.5 Å². The lowest BCUT2D eigenvalue weighted by atomic mass is 9.76. The van der Waals surface area contributed by atoms with Crippen LogP contribution in [0, 0.1) is 16.0 Å². The molecule has 0 saturated heterocycles. The van der Waals surface area contributed by atoms with Gasteiger partial charge in [-0.25, -0.2) is 0 Å². The van der Waals surface area contributed by atoms with Crippen molar-refractivity contribution in [2.24, 2.45) is 5.92 Å². The second-order valence-corrected chi connectivity index (χ2v) is 7.12. The Bertz CT molecular complexity index is 958. The van der Waals surface area contributed by atoms with E-state index in [4.69, 9.17) is 11.6 Å². The highest BCUT2D eigenvalue weighted by molar-refractivity contribution is 6.33. The van der Waals surface area contributed by atoms with Crippen molar-refractivity contribution in [1.29, 1.82) is 0 Å². The molecule has 1 aliphatic heterocycles. The summed E-state index contributed by atoms with van der Waals surface area (Å²) in [6.45, 7) is 0. The summed E-state index contributed by atoms with van der Waals surface area (Å²) in [5.74, 6) is -0.413. The van der Waals surface area contributed by atoms with Gasteiger partial charge in [0.05, 0.1) is 27.2 Å². The molecule has 8 heteroatoms. The molecule has 1 aliphatic carbocycles. The summed E-state index contributed by atoms with van der Waals surface area (Å²) < 4.78 is 40.6. The van der Waals surface area contributed by atoms with E-state index in [0.717, 1.165) is 6.07 Å². The molecule has 0 saturated carbocycles. The van der Waals surface area contributed by atoms with Gasteiger partial charge < -0.3 is 5.32 Å². The van der Waals surface area contributed by atoms with Crippen LogP contribution in [0.4, 0.5) is 24.5 Å². The minimum absolute atomic E-state index is 0.131. The number of allylic oxidation sites excluding steroid dienone is 2. The minimum Gasteiger partial charge on any atom is -0.376 e. The van der Waals surface area contributed by atoms with Crippen molar-refractivity contribution in [3.8, 4) is 0 Å². The van der Waals surface area contributed by atoms with Crippen molar-refractivity contribution >= 4 is 23.0 Å². The second kappa shape index (κ2) is 6.27. The SMILES string of the molecule is O=[N+]([O-])c1cc(Cl)c2c(c1)[C@@H]1C=CC[C@H]1[C@@H](c1ccccc1C(F)(F)F)N2. The molecule has 0 amide bonds. The van der Waals surface area contributed by atoms with E-state index in [-0.39, 0.29) is 28.1 Å². The maximum Gasteiger partial charge on any atom is 0.416 e. The molecular formula is C19H14ClF3N2O2. The van der Waals surface area contributed by atoms with Gasteiger partial charge >= 0.3 is 6.18 Å². The van der Waals surface area contributed by atoms with Crippen LogP contribution in [0.15, 0.2) is 48.6 Å². The molecule has 0 spiro atoms. The highest BCUT2D eigenvalue weighted by atomic mass is 35.5. The van der Waals surface area contributed by atoms with Crippen molar-refractivity contribution in [3.63, 3.8) is 0 Å².